The number of nitrogens with one attached hydrogen (secondary N) is 1. The highest BCUT2D eigenvalue weighted by Gasteiger charge is 2.27. The Balaban J connectivity index is 2.40. The molecule has 0 spiro atoms. The highest BCUT2D eigenvalue weighted by molar-refractivity contribution is 5.75. The van der Waals surface area contributed by atoms with Gasteiger partial charge < -0.3 is 19.9 Å². The molecule has 1 heterocycles. The second-order valence-corrected chi connectivity index (χ2v) is 5.40. The maximum absolute atomic E-state index is 11.8. The molecule has 19 heavy (non-hydrogen) atoms. The Labute approximate surface area is 114 Å². The van der Waals surface area contributed by atoms with Gasteiger partial charge in [-0.3, -0.25) is 0 Å². The molecule has 0 saturated carbocycles. The van der Waals surface area contributed by atoms with Crippen LogP contribution in [0.15, 0.2) is 12.3 Å². The van der Waals surface area contributed by atoms with Crippen molar-refractivity contribution >= 4 is 12.1 Å². The molecule has 1 rings (SSSR count). The fraction of sp³-hybridized carbons (Fsp3) is 0.692. The molecule has 1 saturated heterocycles. The Hall–Kier alpha value is -1.72. The molecule has 0 bridgehead atoms. The summed E-state index contributed by atoms with van der Waals surface area (Å²) in [6, 6.07) is -0.137. The van der Waals surface area contributed by atoms with Gasteiger partial charge in [0.25, 0.3) is 0 Å². The molecule has 0 atom stereocenters. The summed E-state index contributed by atoms with van der Waals surface area (Å²) in [6.07, 6.45) is 3.04. The van der Waals surface area contributed by atoms with Gasteiger partial charge in [0, 0.05) is 32.4 Å². The van der Waals surface area contributed by atoms with Crippen LogP contribution in [0.4, 0.5) is 9.59 Å². The Morgan fingerprint density at radius 3 is 2.11 bits per heavy atom. The van der Waals surface area contributed by atoms with E-state index in [0.717, 1.165) is 0 Å². The minimum absolute atomic E-state index is 0.137. The third kappa shape index (κ3) is 5.19. The number of hydrogen-bond donors (Lipinski definition) is 1. The lowest BCUT2D eigenvalue weighted by molar-refractivity contribution is 0.0171. The Morgan fingerprint density at radius 2 is 1.63 bits per heavy atom. The number of ether oxygens (including phenoxy) is 1. The van der Waals surface area contributed by atoms with Gasteiger partial charge in [-0.05, 0) is 27.7 Å². The number of hydrogen-bond acceptors (Lipinski definition) is 3. The van der Waals surface area contributed by atoms with E-state index in [1.54, 1.807) is 22.1 Å². The number of urea groups is 1. The molecule has 1 fully saturated rings. The third-order valence-corrected chi connectivity index (χ3v) is 2.59. The first kappa shape index (κ1) is 15.3. The van der Waals surface area contributed by atoms with E-state index in [9.17, 15) is 9.59 Å². The monoisotopic (exact) mass is 269 g/mol. The van der Waals surface area contributed by atoms with Crippen molar-refractivity contribution in [1.82, 2.24) is 15.1 Å². The van der Waals surface area contributed by atoms with Crippen molar-refractivity contribution in [2.75, 3.05) is 26.2 Å². The van der Waals surface area contributed by atoms with E-state index in [1.807, 2.05) is 27.7 Å². The summed E-state index contributed by atoms with van der Waals surface area (Å²) in [5.74, 6) is 0. The Bertz CT molecular complexity index is 353. The molecule has 1 aliphatic heterocycles. The van der Waals surface area contributed by atoms with Gasteiger partial charge in [-0.15, -0.1) is 0 Å². The summed E-state index contributed by atoms with van der Waals surface area (Å²) in [5, 5.41) is 2.66. The van der Waals surface area contributed by atoms with Crippen LogP contribution in [0.3, 0.4) is 0 Å². The SMILES string of the molecule is C/C=C/NC(=O)N1CCN(C(=O)OC(C)(C)C)CC1. The predicted molar refractivity (Wildman–Crippen MR) is 72.7 cm³/mol. The standard InChI is InChI=1S/C13H23N3O3/c1-5-6-14-11(17)15-7-9-16(10-8-15)12(18)19-13(2,3)4/h5-6H,7-10H2,1-4H3,(H,14,17)/b6-5+. The summed E-state index contributed by atoms with van der Waals surface area (Å²) in [7, 11) is 0. The number of carbonyl (C=O) groups excluding carboxylic acids is 2. The molecule has 1 aliphatic rings. The van der Waals surface area contributed by atoms with E-state index in [0.29, 0.717) is 26.2 Å². The zero-order valence-corrected chi connectivity index (χ0v) is 12.1. The van der Waals surface area contributed by atoms with Crippen LogP contribution in [0.5, 0.6) is 0 Å². The first-order valence-corrected chi connectivity index (χ1v) is 6.48. The van der Waals surface area contributed by atoms with Crippen molar-refractivity contribution in [2.45, 2.75) is 33.3 Å². The normalized spacial score (nSPS) is 16.6. The van der Waals surface area contributed by atoms with E-state index in [2.05, 4.69) is 5.32 Å². The van der Waals surface area contributed by atoms with Crippen LogP contribution in [-0.4, -0.2) is 53.7 Å². The van der Waals surface area contributed by atoms with Gasteiger partial charge in [-0.2, -0.15) is 0 Å². The van der Waals surface area contributed by atoms with Gasteiger partial charge in [0.15, 0.2) is 0 Å². The molecular weight excluding hydrogens is 246 g/mol. The molecule has 108 valence electrons. The van der Waals surface area contributed by atoms with Crippen LogP contribution in [0, 0.1) is 0 Å². The average Bonchev–Trinajstić information content (AvgIpc) is 2.34. The van der Waals surface area contributed by atoms with Gasteiger partial charge in [0.1, 0.15) is 5.60 Å². The molecule has 0 unspecified atom stereocenters. The van der Waals surface area contributed by atoms with Gasteiger partial charge in [0.2, 0.25) is 0 Å². The summed E-state index contributed by atoms with van der Waals surface area (Å²) < 4.78 is 5.29. The fourth-order valence-corrected chi connectivity index (χ4v) is 1.66. The van der Waals surface area contributed by atoms with Crippen LogP contribution < -0.4 is 5.32 Å². The van der Waals surface area contributed by atoms with Crippen LogP contribution in [0.1, 0.15) is 27.7 Å². The van der Waals surface area contributed by atoms with E-state index >= 15 is 0 Å². The molecule has 6 nitrogen and oxygen atoms in total. The van der Waals surface area contributed by atoms with E-state index < -0.39 is 5.60 Å². The smallest absolute Gasteiger partial charge is 0.410 e. The van der Waals surface area contributed by atoms with E-state index in [-0.39, 0.29) is 12.1 Å². The lowest BCUT2D eigenvalue weighted by Gasteiger charge is -2.35. The first-order valence-electron chi connectivity index (χ1n) is 6.48. The Morgan fingerprint density at radius 1 is 1.11 bits per heavy atom. The molecular formula is C13H23N3O3. The number of carbonyl (C=O) groups is 2. The lowest BCUT2D eigenvalue weighted by atomic mass is 10.2. The second-order valence-electron chi connectivity index (χ2n) is 5.40. The van der Waals surface area contributed by atoms with Gasteiger partial charge in [-0.1, -0.05) is 6.08 Å². The summed E-state index contributed by atoms with van der Waals surface area (Å²) >= 11 is 0. The fourth-order valence-electron chi connectivity index (χ4n) is 1.66. The number of rotatable bonds is 1. The minimum atomic E-state index is -0.489. The van der Waals surface area contributed by atoms with Gasteiger partial charge in [-0.25, -0.2) is 9.59 Å². The molecule has 0 aromatic rings. The number of allylic oxidation sites excluding steroid dienone is 1. The Kier molecular flexibility index (Phi) is 5.20. The molecule has 3 amide bonds. The quantitative estimate of drug-likeness (QED) is 0.789. The van der Waals surface area contributed by atoms with Gasteiger partial charge in [0.05, 0.1) is 0 Å². The average molecular weight is 269 g/mol. The lowest BCUT2D eigenvalue weighted by Crippen LogP contribution is -2.53. The second kappa shape index (κ2) is 6.45. The molecule has 0 aromatic carbocycles. The maximum atomic E-state index is 11.8. The van der Waals surface area contributed by atoms with Crippen LogP contribution in [0.2, 0.25) is 0 Å². The predicted octanol–water partition coefficient (Wildman–Crippen LogP) is 1.78. The van der Waals surface area contributed by atoms with E-state index in [1.165, 1.54) is 0 Å². The molecule has 0 aliphatic carbocycles. The van der Waals surface area contributed by atoms with Gasteiger partial charge >= 0.3 is 12.1 Å². The zero-order valence-electron chi connectivity index (χ0n) is 12.1. The topological polar surface area (TPSA) is 61.9 Å². The first-order chi connectivity index (χ1) is 8.83. The van der Waals surface area contributed by atoms with Crippen LogP contribution >= 0.6 is 0 Å². The van der Waals surface area contributed by atoms with Crippen molar-refractivity contribution in [3.63, 3.8) is 0 Å². The van der Waals surface area contributed by atoms with Crippen molar-refractivity contribution in [3.8, 4) is 0 Å². The maximum Gasteiger partial charge on any atom is 0.410 e. The minimum Gasteiger partial charge on any atom is -0.444 e. The third-order valence-electron chi connectivity index (χ3n) is 2.59. The molecule has 6 heteroatoms. The highest BCUT2D eigenvalue weighted by Crippen LogP contribution is 2.11. The summed E-state index contributed by atoms with van der Waals surface area (Å²) in [5.41, 5.74) is -0.489. The molecule has 0 aromatic heterocycles. The van der Waals surface area contributed by atoms with Crippen molar-refractivity contribution < 1.29 is 14.3 Å². The molecule has 0 radical (unpaired) electrons. The van der Waals surface area contributed by atoms with E-state index in [4.69, 9.17) is 4.74 Å². The van der Waals surface area contributed by atoms with Crippen molar-refractivity contribution in [1.29, 1.82) is 0 Å². The number of amides is 3. The van der Waals surface area contributed by atoms with Crippen molar-refractivity contribution in [3.05, 3.63) is 12.3 Å². The zero-order chi connectivity index (χ0) is 14.5. The largest absolute Gasteiger partial charge is 0.444 e. The van der Waals surface area contributed by atoms with Crippen LogP contribution in [-0.2, 0) is 4.74 Å². The number of nitrogens with zero attached hydrogens (tertiary/aromatic N) is 2. The van der Waals surface area contributed by atoms with Crippen LogP contribution in [0.25, 0.3) is 0 Å². The highest BCUT2D eigenvalue weighted by atomic mass is 16.6. The number of piperazine rings is 1. The molecule has 1 N–H and O–H groups in total. The summed E-state index contributed by atoms with van der Waals surface area (Å²) in [4.78, 5) is 26.8. The summed E-state index contributed by atoms with van der Waals surface area (Å²) in [6.45, 7) is 9.38. The van der Waals surface area contributed by atoms with Crippen molar-refractivity contribution in [2.24, 2.45) is 0 Å².